The highest BCUT2D eigenvalue weighted by Gasteiger charge is 2.06. The lowest BCUT2D eigenvalue weighted by molar-refractivity contribution is 0.580. The summed E-state index contributed by atoms with van der Waals surface area (Å²) in [6.07, 6.45) is 3.11. The summed E-state index contributed by atoms with van der Waals surface area (Å²) in [6.45, 7) is 0. The number of nitrogen functional groups attached to an aromatic ring is 1. The molecule has 0 aliphatic rings. The fourth-order valence-corrected chi connectivity index (χ4v) is 1.24. The van der Waals surface area contributed by atoms with Gasteiger partial charge in [-0.15, -0.1) is 0 Å². The van der Waals surface area contributed by atoms with Gasteiger partial charge in [-0.25, -0.2) is 4.98 Å². The highest BCUT2D eigenvalue weighted by Crippen LogP contribution is 2.25. The molecular weight excluding hydrogens is 188 g/mol. The Labute approximate surface area is 80.1 Å². The molecule has 0 aromatic carbocycles. The fourth-order valence-electron chi connectivity index (χ4n) is 1.07. The highest BCUT2D eigenvalue weighted by molar-refractivity contribution is 6.30. The molecule has 0 aliphatic heterocycles. The van der Waals surface area contributed by atoms with Crippen LogP contribution in [-0.4, -0.2) is 4.98 Å². The normalized spacial score (nSPS) is 10.2. The molecular formula is C9H7ClN2O. The molecule has 0 spiro atoms. The first-order chi connectivity index (χ1) is 6.27. The van der Waals surface area contributed by atoms with Crippen LogP contribution < -0.4 is 5.73 Å². The largest absolute Gasteiger partial charge is 0.463 e. The maximum Gasteiger partial charge on any atom is 0.154 e. The third kappa shape index (κ3) is 1.51. The van der Waals surface area contributed by atoms with E-state index >= 15 is 0 Å². The number of anilines is 1. The van der Waals surface area contributed by atoms with E-state index in [1.807, 2.05) is 0 Å². The number of pyridine rings is 1. The van der Waals surface area contributed by atoms with Crippen molar-refractivity contribution in [1.82, 2.24) is 4.98 Å². The van der Waals surface area contributed by atoms with Gasteiger partial charge in [0.1, 0.15) is 5.69 Å². The second-order valence-electron chi connectivity index (χ2n) is 2.57. The second kappa shape index (κ2) is 3.11. The maximum atomic E-state index is 5.71. The van der Waals surface area contributed by atoms with Crippen LogP contribution in [0.3, 0.4) is 0 Å². The number of rotatable bonds is 1. The summed E-state index contributed by atoms with van der Waals surface area (Å²) >= 11 is 5.71. The minimum absolute atomic E-state index is 0.516. The predicted octanol–water partition coefficient (Wildman–Crippen LogP) is 2.58. The minimum Gasteiger partial charge on any atom is -0.463 e. The summed E-state index contributed by atoms with van der Waals surface area (Å²) in [7, 11) is 0. The first kappa shape index (κ1) is 8.13. The monoisotopic (exact) mass is 194 g/mol. The van der Waals surface area contributed by atoms with Crippen LogP contribution in [0, 0.1) is 0 Å². The third-order valence-corrected chi connectivity index (χ3v) is 1.85. The average molecular weight is 195 g/mol. The number of furan rings is 1. The van der Waals surface area contributed by atoms with Gasteiger partial charge in [0.25, 0.3) is 0 Å². The summed E-state index contributed by atoms with van der Waals surface area (Å²) in [6, 6.07) is 5.23. The number of hydrogen-bond donors (Lipinski definition) is 1. The molecule has 0 bridgehead atoms. The van der Waals surface area contributed by atoms with Crippen LogP contribution in [0.4, 0.5) is 5.69 Å². The number of halogens is 1. The van der Waals surface area contributed by atoms with Crippen molar-refractivity contribution in [3.63, 3.8) is 0 Å². The molecule has 0 radical (unpaired) electrons. The van der Waals surface area contributed by atoms with Gasteiger partial charge in [-0.05, 0) is 18.2 Å². The Morgan fingerprint density at radius 3 is 2.92 bits per heavy atom. The smallest absolute Gasteiger partial charge is 0.154 e. The quantitative estimate of drug-likeness (QED) is 0.759. The summed E-state index contributed by atoms with van der Waals surface area (Å²) in [4.78, 5) is 4.07. The predicted molar refractivity (Wildman–Crippen MR) is 51.4 cm³/mol. The van der Waals surface area contributed by atoms with Crippen LogP contribution in [0.2, 0.25) is 5.02 Å². The summed E-state index contributed by atoms with van der Waals surface area (Å²) in [5.74, 6) is 0.647. The Hall–Kier alpha value is -1.48. The van der Waals surface area contributed by atoms with Crippen LogP contribution in [0.5, 0.6) is 0 Å². The molecule has 13 heavy (non-hydrogen) atoms. The van der Waals surface area contributed by atoms with Crippen LogP contribution in [0.1, 0.15) is 0 Å². The highest BCUT2D eigenvalue weighted by atomic mass is 35.5. The molecule has 2 heterocycles. The van der Waals surface area contributed by atoms with Gasteiger partial charge in [0.2, 0.25) is 0 Å². The van der Waals surface area contributed by atoms with Gasteiger partial charge in [-0.2, -0.15) is 0 Å². The molecule has 4 heteroatoms. The van der Waals surface area contributed by atoms with Gasteiger partial charge in [0.05, 0.1) is 17.0 Å². The van der Waals surface area contributed by atoms with E-state index in [-0.39, 0.29) is 0 Å². The lowest BCUT2D eigenvalue weighted by Gasteiger charge is -2.00. The first-order valence-electron chi connectivity index (χ1n) is 3.72. The van der Waals surface area contributed by atoms with E-state index in [0.717, 1.165) is 0 Å². The molecule has 0 saturated carbocycles. The van der Waals surface area contributed by atoms with Gasteiger partial charge in [-0.1, -0.05) is 11.6 Å². The minimum atomic E-state index is 0.516. The number of aromatic nitrogens is 1. The Kier molecular flexibility index (Phi) is 1.94. The zero-order valence-corrected chi connectivity index (χ0v) is 7.45. The standard InChI is InChI=1S/C9H7ClN2O/c10-6-4-7(11)9(12-5-6)8-2-1-3-13-8/h1-5H,11H2. The van der Waals surface area contributed by atoms with Crippen molar-refractivity contribution in [2.45, 2.75) is 0 Å². The van der Waals surface area contributed by atoms with Gasteiger partial charge >= 0.3 is 0 Å². The van der Waals surface area contributed by atoms with Crippen LogP contribution in [-0.2, 0) is 0 Å². The fraction of sp³-hybridized carbons (Fsp3) is 0. The topological polar surface area (TPSA) is 52.0 Å². The lowest BCUT2D eigenvalue weighted by Crippen LogP contribution is -1.91. The molecule has 3 nitrogen and oxygen atoms in total. The Morgan fingerprint density at radius 2 is 2.31 bits per heavy atom. The third-order valence-electron chi connectivity index (χ3n) is 1.64. The van der Waals surface area contributed by atoms with Gasteiger partial charge in [-0.3, -0.25) is 0 Å². The van der Waals surface area contributed by atoms with E-state index in [0.29, 0.717) is 22.2 Å². The molecule has 0 unspecified atom stereocenters. The van der Waals surface area contributed by atoms with Gasteiger partial charge in [0, 0.05) is 6.20 Å². The molecule has 0 atom stereocenters. The van der Waals surface area contributed by atoms with Crippen LogP contribution in [0.25, 0.3) is 11.5 Å². The maximum absolute atomic E-state index is 5.71. The Morgan fingerprint density at radius 1 is 1.46 bits per heavy atom. The molecule has 66 valence electrons. The second-order valence-corrected chi connectivity index (χ2v) is 3.01. The molecule has 2 aromatic heterocycles. The summed E-state index contributed by atoms with van der Waals surface area (Å²) in [5.41, 5.74) is 6.84. The van der Waals surface area contributed by atoms with Crippen molar-refractivity contribution in [2.24, 2.45) is 0 Å². The van der Waals surface area contributed by atoms with E-state index in [9.17, 15) is 0 Å². The van der Waals surface area contributed by atoms with Crippen LogP contribution in [0.15, 0.2) is 35.1 Å². The SMILES string of the molecule is Nc1cc(Cl)cnc1-c1ccco1. The molecule has 0 saturated heterocycles. The summed E-state index contributed by atoms with van der Waals surface area (Å²) in [5, 5.41) is 0.521. The molecule has 0 fully saturated rings. The van der Waals surface area contributed by atoms with E-state index in [1.54, 1.807) is 24.5 Å². The van der Waals surface area contributed by atoms with E-state index in [4.69, 9.17) is 21.8 Å². The molecule has 0 amide bonds. The zero-order valence-electron chi connectivity index (χ0n) is 6.70. The number of nitrogens with zero attached hydrogens (tertiary/aromatic N) is 1. The van der Waals surface area contributed by atoms with Gasteiger partial charge < -0.3 is 10.2 Å². The Bertz CT molecular complexity index is 412. The van der Waals surface area contributed by atoms with Crippen molar-refractivity contribution in [3.8, 4) is 11.5 Å². The summed E-state index contributed by atoms with van der Waals surface area (Å²) < 4.78 is 5.15. The first-order valence-corrected chi connectivity index (χ1v) is 4.10. The van der Waals surface area contributed by atoms with Gasteiger partial charge in [0.15, 0.2) is 5.76 Å². The van der Waals surface area contributed by atoms with Crippen molar-refractivity contribution < 1.29 is 4.42 Å². The number of hydrogen-bond acceptors (Lipinski definition) is 3. The molecule has 0 aliphatic carbocycles. The van der Waals surface area contributed by atoms with Crippen molar-refractivity contribution in [2.75, 3.05) is 5.73 Å². The average Bonchev–Trinajstić information content (AvgIpc) is 2.56. The molecule has 2 N–H and O–H groups in total. The number of nitrogens with two attached hydrogens (primary N) is 1. The van der Waals surface area contributed by atoms with Crippen molar-refractivity contribution in [1.29, 1.82) is 0 Å². The molecule has 2 aromatic rings. The van der Waals surface area contributed by atoms with E-state index < -0.39 is 0 Å². The van der Waals surface area contributed by atoms with E-state index in [1.165, 1.54) is 6.20 Å². The lowest BCUT2D eigenvalue weighted by atomic mass is 10.2. The molecule has 2 rings (SSSR count). The van der Waals surface area contributed by atoms with Crippen molar-refractivity contribution in [3.05, 3.63) is 35.7 Å². The Balaban J connectivity index is 2.53. The zero-order chi connectivity index (χ0) is 9.26. The van der Waals surface area contributed by atoms with E-state index in [2.05, 4.69) is 4.98 Å². The van der Waals surface area contributed by atoms with Crippen molar-refractivity contribution >= 4 is 17.3 Å². The van der Waals surface area contributed by atoms with Crippen LogP contribution >= 0.6 is 11.6 Å².